The molecular formula is C19H21FN2O3. The van der Waals surface area contributed by atoms with Gasteiger partial charge in [-0.05, 0) is 43.8 Å². The van der Waals surface area contributed by atoms with Crippen LogP contribution in [-0.4, -0.2) is 43.7 Å². The van der Waals surface area contributed by atoms with E-state index in [9.17, 15) is 9.18 Å². The number of hydrogen-bond donors (Lipinski definition) is 1. The van der Waals surface area contributed by atoms with E-state index >= 15 is 0 Å². The van der Waals surface area contributed by atoms with Gasteiger partial charge in [0, 0.05) is 6.54 Å². The summed E-state index contributed by atoms with van der Waals surface area (Å²) in [6.45, 7) is 2.88. The summed E-state index contributed by atoms with van der Waals surface area (Å²) in [5, 5.41) is 2.59. The second-order valence-corrected chi connectivity index (χ2v) is 6.23. The van der Waals surface area contributed by atoms with Crippen molar-refractivity contribution in [2.24, 2.45) is 0 Å². The highest BCUT2D eigenvalue weighted by molar-refractivity contribution is 5.92. The molecule has 0 aromatic heterocycles. The summed E-state index contributed by atoms with van der Waals surface area (Å²) in [5.74, 6) is 0.728. The summed E-state index contributed by atoms with van der Waals surface area (Å²) < 4.78 is 25.3. The number of aryl methyl sites for hydroxylation is 1. The Morgan fingerprint density at radius 2 is 2.04 bits per heavy atom. The van der Waals surface area contributed by atoms with E-state index in [2.05, 4.69) is 5.32 Å². The van der Waals surface area contributed by atoms with E-state index < -0.39 is 5.82 Å². The van der Waals surface area contributed by atoms with Crippen LogP contribution in [0.5, 0.6) is 11.5 Å². The van der Waals surface area contributed by atoms with E-state index in [0.717, 1.165) is 11.3 Å². The average Bonchev–Trinajstić information content (AvgIpc) is 2.57. The summed E-state index contributed by atoms with van der Waals surface area (Å²) in [4.78, 5) is 13.9. The number of nitrogens with zero attached hydrogens (tertiary/aromatic N) is 1. The third-order valence-corrected chi connectivity index (χ3v) is 3.90. The Hall–Kier alpha value is -2.60. The third-order valence-electron chi connectivity index (χ3n) is 3.90. The Labute approximate surface area is 146 Å². The lowest BCUT2D eigenvalue weighted by molar-refractivity contribution is -0.117. The highest BCUT2D eigenvalue weighted by atomic mass is 19.1. The smallest absolute Gasteiger partial charge is 0.238 e. The van der Waals surface area contributed by atoms with Gasteiger partial charge in [-0.15, -0.1) is 0 Å². The summed E-state index contributed by atoms with van der Waals surface area (Å²) in [6, 6.07) is 12.2. The molecule has 1 aliphatic heterocycles. The molecule has 0 saturated heterocycles. The van der Waals surface area contributed by atoms with Crippen LogP contribution in [0.4, 0.5) is 10.1 Å². The van der Waals surface area contributed by atoms with E-state index in [1.807, 2.05) is 36.2 Å². The first-order valence-corrected chi connectivity index (χ1v) is 8.14. The van der Waals surface area contributed by atoms with E-state index in [1.54, 1.807) is 19.1 Å². The molecule has 1 heterocycles. The number of hydrogen-bond acceptors (Lipinski definition) is 4. The van der Waals surface area contributed by atoms with E-state index in [-0.39, 0.29) is 24.2 Å². The fraction of sp³-hybridized carbons (Fsp3) is 0.316. The van der Waals surface area contributed by atoms with Crippen molar-refractivity contribution in [3.8, 4) is 11.5 Å². The van der Waals surface area contributed by atoms with Crippen LogP contribution in [0.15, 0.2) is 42.5 Å². The number of rotatable bonds is 5. The highest BCUT2D eigenvalue weighted by Crippen LogP contribution is 2.30. The van der Waals surface area contributed by atoms with Crippen molar-refractivity contribution in [2.45, 2.75) is 13.0 Å². The minimum absolute atomic E-state index is 0.134. The fourth-order valence-corrected chi connectivity index (χ4v) is 2.72. The number of nitrogens with one attached hydrogen (secondary N) is 1. The van der Waals surface area contributed by atoms with Gasteiger partial charge in [-0.3, -0.25) is 9.69 Å². The normalized spacial score (nSPS) is 15.9. The molecule has 1 amide bonds. The molecular weight excluding hydrogens is 323 g/mol. The van der Waals surface area contributed by atoms with Gasteiger partial charge in [0.1, 0.15) is 18.5 Å². The number of likely N-dealkylation sites (N-methyl/N-ethyl adjacent to an activating group) is 1. The Kier molecular flexibility index (Phi) is 5.19. The zero-order valence-electron chi connectivity index (χ0n) is 14.3. The predicted molar refractivity (Wildman–Crippen MR) is 93.6 cm³/mol. The number of para-hydroxylation sites is 2. The second kappa shape index (κ2) is 7.53. The van der Waals surface area contributed by atoms with Gasteiger partial charge in [-0.25, -0.2) is 4.39 Å². The molecule has 0 spiro atoms. The SMILES string of the molecule is Cc1ccc(NC(=O)CN(C)C[C@@H]2COc3ccccc3O2)c(F)c1. The van der Waals surface area contributed by atoms with E-state index in [0.29, 0.717) is 18.9 Å². The number of carbonyl (C=O) groups is 1. The van der Waals surface area contributed by atoms with Gasteiger partial charge in [0.05, 0.1) is 12.2 Å². The molecule has 0 aliphatic carbocycles. The fourth-order valence-electron chi connectivity index (χ4n) is 2.72. The Bertz CT molecular complexity index is 766. The maximum absolute atomic E-state index is 13.8. The first-order chi connectivity index (χ1) is 12.0. The molecule has 2 aromatic rings. The van der Waals surface area contributed by atoms with Crippen LogP contribution >= 0.6 is 0 Å². The molecule has 1 N–H and O–H groups in total. The van der Waals surface area contributed by atoms with Crippen molar-refractivity contribution in [3.63, 3.8) is 0 Å². The molecule has 6 heteroatoms. The van der Waals surface area contributed by atoms with Crippen molar-refractivity contribution >= 4 is 11.6 Å². The third kappa shape index (κ3) is 4.48. The maximum Gasteiger partial charge on any atom is 0.238 e. The lowest BCUT2D eigenvalue weighted by atomic mass is 10.2. The van der Waals surface area contributed by atoms with Gasteiger partial charge in [0.25, 0.3) is 0 Å². The summed E-state index contributed by atoms with van der Waals surface area (Å²) in [7, 11) is 1.81. The van der Waals surface area contributed by atoms with Crippen molar-refractivity contribution in [3.05, 3.63) is 53.8 Å². The number of fused-ring (bicyclic) bond motifs is 1. The second-order valence-electron chi connectivity index (χ2n) is 6.23. The molecule has 1 aliphatic rings. The minimum atomic E-state index is -0.434. The number of anilines is 1. The Morgan fingerprint density at radius 1 is 1.28 bits per heavy atom. The van der Waals surface area contributed by atoms with Crippen molar-refractivity contribution < 1.29 is 18.7 Å². The lowest BCUT2D eigenvalue weighted by Crippen LogP contribution is -2.42. The van der Waals surface area contributed by atoms with Crippen LogP contribution < -0.4 is 14.8 Å². The first-order valence-electron chi connectivity index (χ1n) is 8.14. The topological polar surface area (TPSA) is 50.8 Å². The molecule has 5 nitrogen and oxygen atoms in total. The summed E-state index contributed by atoms with van der Waals surface area (Å²) >= 11 is 0. The number of benzene rings is 2. The van der Waals surface area contributed by atoms with Crippen LogP contribution in [0.1, 0.15) is 5.56 Å². The quantitative estimate of drug-likeness (QED) is 0.906. The Balaban J connectivity index is 1.51. The van der Waals surface area contributed by atoms with Gasteiger partial charge in [0.15, 0.2) is 11.5 Å². The average molecular weight is 344 g/mol. The minimum Gasteiger partial charge on any atom is -0.486 e. The standard InChI is InChI=1S/C19H21FN2O3/c1-13-7-8-16(15(20)9-13)21-19(23)11-22(2)10-14-12-24-17-5-3-4-6-18(17)25-14/h3-9,14H,10-12H2,1-2H3,(H,21,23)/t14-/m1/s1. The number of carbonyl (C=O) groups excluding carboxylic acids is 1. The summed E-state index contributed by atoms with van der Waals surface area (Å²) in [5.41, 5.74) is 0.998. The zero-order valence-corrected chi connectivity index (χ0v) is 14.3. The number of ether oxygens (including phenoxy) is 2. The zero-order chi connectivity index (χ0) is 17.8. The van der Waals surface area contributed by atoms with Crippen LogP contribution in [-0.2, 0) is 4.79 Å². The molecule has 132 valence electrons. The van der Waals surface area contributed by atoms with Crippen LogP contribution in [0.25, 0.3) is 0 Å². The summed E-state index contributed by atoms with van der Waals surface area (Å²) in [6.07, 6.45) is -0.163. The molecule has 2 aromatic carbocycles. The van der Waals surface area contributed by atoms with Crippen LogP contribution in [0, 0.1) is 12.7 Å². The molecule has 0 saturated carbocycles. The van der Waals surface area contributed by atoms with Gasteiger partial charge >= 0.3 is 0 Å². The molecule has 3 rings (SSSR count). The molecule has 0 bridgehead atoms. The van der Waals surface area contributed by atoms with Gasteiger partial charge < -0.3 is 14.8 Å². The van der Waals surface area contributed by atoms with Gasteiger partial charge in [0.2, 0.25) is 5.91 Å². The molecule has 0 unspecified atom stereocenters. The van der Waals surface area contributed by atoms with E-state index in [4.69, 9.17) is 9.47 Å². The largest absolute Gasteiger partial charge is 0.486 e. The molecule has 25 heavy (non-hydrogen) atoms. The maximum atomic E-state index is 13.8. The highest BCUT2D eigenvalue weighted by Gasteiger charge is 2.22. The van der Waals surface area contributed by atoms with Gasteiger partial charge in [-0.1, -0.05) is 18.2 Å². The number of amides is 1. The van der Waals surface area contributed by atoms with Gasteiger partial charge in [-0.2, -0.15) is 0 Å². The lowest BCUT2D eigenvalue weighted by Gasteiger charge is -2.29. The van der Waals surface area contributed by atoms with Crippen LogP contribution in [0.3, 0.4) is 0 Å². The first kappa shape index (κ1) is 17.2. The molecule has 1 atom stereocenters. The van der Waals surface area contributed by atoms with Crippen molar-refractivity contribution in [1.82, 2.24) is 4.90 Å². The van der Waals surface area contributed by atoms with E-state index in [1.165, 1.54) is 6.07 Å². The Morgan fingerprint density at radius 3 is 2.80 bits per heavy atom. The van der Waals surface area contributed by atoms with Crippen molar-refractivity contribution in [1.29, 1.82) is 0 Å². The molecule has 0 fully saturated rings. The number of halogens is 1. The molecule has 0 radical (unpaired) electrons. The van der Waals surface area contributed by atoms with Crippen LogP contribution in [0.2, 0.25) is 0 Å². The van der Waals surface area contributed by atoms with Crippen molar-refractivity contribution in [2.75, 3.05) is 32.1 Å². The monoisotopic (exact) mass is 344 g/mol. The predicted octanol–water partition coefficient (Wildman–Crippen LogP) is 2.84.